The van der Waals surface area contributed by atoms with E-state index in [2.05, 4.69) is 9.88 Å². The van der Waals surface area contributed by atoms with Crippen molar-refractivity contribution in [1.29, 1.82) is 0 Å². The Kier molecular flexibility index (Phi) is 6.13. The number of methoxy groups -OCH3 is 1. The molecule has 0 unspecified atom stereocenters. The van der Waals surface area contributed by atoms with Crippen LogP contribution in [-0.2, 0) is 21.6 Å². The number of oxime groups is 1. The van der Waals surface area contributed by atoms with E-state index in [4.69, 9.17) is 4.74 Å². The molecule has 134 valence electrons. The Labute approximate surface area is 147 Å². The number of anilines is 1. The van der Waals surface area contributed by atoms with Gasteiger partial charge in [-0.2, -0.15) is 12.7 Å². The van der Waals surface area contributed by atoms with Crippen molar-refractivity contribution in [3.63, 3.8) is 0 Å². The van der Waals surface area contributed by atoms with E-state index in [9.17, 15) is 13.6 Å². The number of hydrogen-bond acceptors (Lipinski definition) is 5. The number of rotatable bonds is 7. The van der Waals surface area contributed by atoms with E-state index in [-0.39, 0.29) is 0 Å². The first-order valence-electron chi connectivity index (χ1n) is 7.48. The summed E-state index contributed by atoms with van der Waals surface area (Å²) in [5, 5.41) is 12.8. The van der Waals surface area contributed by atoms with E-state index < -0.39 is 10.2 Å². The molecule has 0 fully saturated rings. The number of benzene rings is 2. The summed E-state index contributed by atoms with van der Waals surface area (Å²) in [5.74, 6) is 0. The van der Waals surface area contributed by atoms with E-state index in [1.807, 2.05) is 24.3 Å². The summed E-state index contributed by atoms with van der Waals surface area (Å²) in [7, 11) is 0.888. The summed E-state index contributed by atoms with van der Waals surface area (Å²) < 4.78 is 32.5. The second kappa shape index (κ2) is 8.11. The molecule has 0 saturated heterocycles. The molecule has 0 amide bonds. The molecule has 2 N–H and O–H groups in total. The molecular weight excluding hydrogens is 342 g/mol. The SMILES string of the molecule is COCc1ccc(/C(=N/O)c2cccc(NS(=O)(=O)N(C)C)c2)cc1. The van der Waals surface area contributed by atoms with Crippen molar-refractivity contribution < 1.29 is 18.4 Å². The van der Waals surface area contributed by atoms with E-state index in [1.54, 1.807) is 31.4 Å². The maximum absolute atomic E-state index is 11.9. The van der Waals surface area contributed by atoms with Gasteiger partial charge in [0.15, 0.2) is 0 Å². The lowest BCUT2D eigenvalue weighted by atomic mass is 10.0. The van der Waals surface area contributed by atoms with Crippen LogP contribution >= 0.6 is 0 Å². The van der Waals surface area contributed by atoms with Gasteiger partial charge in [0.2, 0.25) is 0 Å². The second-order valence-electron chi connectivity index (χ2n) is 5.55. The summed E-state index contributed by atoms with van der Waals surface area (Å²) >= 11 is 0. The van der Waals surface area contributed by atoms with Gasteiger partial charge in [-0.15, -0.1) is 0 Å². The molecular formula is C17H21N3O4S. The molecule has 0 bridgehead atoms. The molecule has 0 radical (unpaired) electrons. The van der Waals surface area contributed by atoms with Gasteiger partial charge in [-0.1, -0.05) is 41.6 Å². The topological polar surface area (TPSA) is 91.2 Å². The first kappa shape index (κ1) is 18.9. The predicted octanol–water partition coefficient (Wildman–Crippen LogP) is 2.28. The highest BCUT2D eigenvalue weighted by Gasteiger charge is 2.14. The van der Waals surface area contributed by atoms with Gasteiger partial charge in [0.1, 0.15) is 5.71 Å². The van der Waals surface area contributed by atoms with E-state index in [1.165, 1.54) is 14.1 Å². The van der Waals surface area contributed by atoms with E-state index >= 15 is 0 Å². The maximum Gasteiger partial charge on any atom is 0.301 e. The first-order chi connectivity index (χ1) is 11.9. The molecule has 0 aliphatic heterocycles. The highest BCUT2D eigenvalue weighted by molar-refractivity contribution is 7.90. The highest BCUT2D eigenvalue weighted by Crippen LogP contribution is 2.18. The van der Waals surface area contributed by atoms with Gasteiger partial charge >= 0.3 is 10.2 Å². The van der Waals surface area contributed by atoms with Crippen LogP contribution in [-0.4, -0.2) is 44.8 Å². The third-order valence-corrected chi connectivity index (χ3v) is 4.96. The third-order valence-electron chi connectivity index (χ3n) is 3.50. The lowest BCUT2D eigenvalue weighted by molar-refractivity contribution is 0.185. The predicted molar refractivity (Wildman–Crippen MR) is 97.3 cm³/mol. The second-order valence-corrected chi connectivity index (χ2v) is 7.43. The Hall–Kier alpha value is -2.42. The minimum atomic E-state index is -3.61. The zero-order chi connectivity index (χ0) is 18.4. The van der Waals surface area contributed by atoms with Crippen LogP contribution in [0.3, 0.4) is 0 Å². The molecule has 0 spiro atoms. The van der Waals surface area contributed by atoms with Gasteiger partial charge in [0, 0.05) is 32.3 Å². The Morgan fingerprint density at radius 1 is 1.16 bits per heavy atom. The molecule has 2 aromatic rings. The molecule has 0 heterocycles. The van der Waals surface area contributed by atoms with Crippen LogP contribution in [0.2, 0.25) is 0 Å². The summed E-state index contributed by atoms with van der Waals surface area (Å²) in [6, 6.07) is 14.1. The Morgan fingerprint density at radius 3 is 2.40 bits per heavy atom. The van der Waals surface area contributed by atoms with E-state index in [0.717, 1.165) is 9.87 Å². The van der Waals surface area contributed by atoms with Crippen LogP contribution in [0.15, 0.2) is 53.7 Å². The largest absolute Gasteiger partial charge is 0.410 e. The lowest BCUT2D eigenvalue weighted by Gasteiger charge is -2.14. The fourth-order valence-corrected chi connectivity index (χ4v) is 2.79. The quantitative estimate of drug-likeness (QED) is 0.448. The van der Waals surface area contributed by atoms with Crippen LogP contribution in [0, 0.1) is 0 Å². The zero-order valence-corrected chi connectivity index (χ0v) is 15.1. The van der Waals surface area contributed by atoms with Crippen molar-refractivity contribution in [2.45, 2.75) is 6.61 Å². The van der Waals surface area contributed by atoms with Gasteiger partial charge in [-0.05, 0) is 17.7 Å². The fraction of sp³-hybridized carbons (Fsp3) is 0.235. The molecule has 0 saturated carbocycles. The number of nitrogens with one attached hydrogen (secondary N) is 1. The third kappa shape index (κ3) is 4.79. The van der Waals surface area contributed by atoms with Crippen LogP contribution in [0.4, 0.5) is 5.69 Å². The monoisotopic (exact) mass is 363 g/mol. The van der Waals surface area contributed by atoms with Crippen molar-refractivity contribution in [1.82, 2.24) is 4.31 Å². The van der Waals surface area contributed by atoms with E-state index in [0.29, 0.717) is 29.1 Å². The molecule has 0 aliphatic carbocycles. The summed E-state index contributed by atoms with van der Waals surface area (Å²) in [6.45, 7) is 0.494. The van der Waals surface area contributed by atoms with Crippen LogP contribution in [0.1, 0.15) is 16.7 Å². The molecule has 2 aromatic carbocycles. The summed E-state index contributed by atoms with van der Waals surface area (Å²) in [5.41, 5.74) is 3.00. The van der Waals surface area contributed by atoms with Crippen LogP contribution in [0.5, 0.6) is 0 Å². The molecule has 2 rings (SSSR count). The number of hydrogen-bond donors (Lipinski definition) is 2. The Bertz CT molecular complexity index is 846. The number of ether oxygens (including phenoxy) is 1. The molecule has 0 atom stereocenters. The van der Waals surface area contributed by atoms with Gasteiger partial charge in [-0.25, -0.2) is 0 Å². The molecule has 0 aromatic heterocycles. The van der Waals surface area contributed by atoms with Crippen LogP contribution < -0.4 is 4.72 Å². The molecule has 8 heteroatoms. The zero-order valence-electron chi connectivity index (χ0n) is 14.3. The van der Waals surface area contributed by atoms with Crippen LogP contribution in [0.25, 0.3) is 0 Å². The highest BCUT2D eigenvalue weighted by atomic mass is 32.2. The van der Waals surface area contributed by atoms with Crippen molar-refractivity contribution in [2.75, 3.05) is 25.9 Å². The summed E-state index contributed by atoms with van der Waals surface area (Å²) in [6.07, 6.45) is 0. The molecule has 7 nitrogen and oxygen atoms in total. The van der Waals surface area contributed by atoms with Gasteiger partial charge in [0.25, 0.3) is 0 Å². The average Bonchev–Trinajstić information content (AvgIpc) is 2.57. The number of nitrogens with zero attached hydrogens (tertiary/aromatic N) is 2. The Balaban J connectivity index is 2.31. The van der Waals surface area contributed by atoms with Gasteiger partial charge in [0.05, 0.1) is 12.3 Å². The van der Waals surface area contributed by atoms with Crippen molar-refractivity contribution in [2.24, 2.45) is 5.16 Å². The fourth-order valence-electron chi connectivity index (χ4n) is 2.18. The molecule has 0 aliphatic rings. The standard InChI is InChI=1S/C17H21N3O4S/c1-20(2)25(22,23)19-16-6-4-5-15(11-16)17(18-21)14-9-7-13(8-10-14)12-24-3/h4-11,19,21H,12H2,1-3H3/b18-17-. The Morgan fingerprint density at radius 2 is 1.84 bits per heavy atom. The average molecular weight is 363 g/mol. The van der Waals surface area contributed by atoms with Gasteiger partial charge < -0.3 is 9.94 Å². The lowest BCUT2D eigenvalue weighted by Crippen LogP contribution is -2.29. The summed E-state index contributed by atoms with van der Waals surface area (Å²) in [4.78, 5) is 0. The first-order valence-corrected chi connectivity index (χ1v) is 8.92. The van der Waals surface area contributed by atoms with Crippen molar-refractivity contribution >= 4 is 21.6 Å². The smallest absolute Gasteiger partial charge is 0.301 e. The van der Waals surface area contributed by atoms with Crippen molar-refractivity contribution in [3.8, 4) is 0 Å². The van der Waals surface area contributed by atoms with Crippen molar-refractivity contribution in [3.05, 3.63) is 65.2 Å². The minimum absolute atomic E-state index is 0.342. The maximum atomic E-state index is 11.9. The molecule has 25 heavy (non-hydrogen) atoms. The normalized spacial score (nSPS) is 12.4. The van der Waals surface area contributed by atoms with Gasteiger partial charge in [-0.3, -0.25) is 4.72 Å². The minimum Gasteiger partial charge on any atom is -0.410 e.